The van der Waals surface area contributed by atoms with E-state index in [9.17, 15) is 22.2 Å². The highest BCUT2D eigenvalue weighted by atomic mass is 32.3. The second kappa shape index (κ2) is 7.31. The second-order valence-electron chi connectivity index (χ2n) is 5.68. The van der Waals surface area contributed by atoms with Gasteiger partial charge in [0.1, 0.15) is 0 Å². The van der Waals surface area contributed by atoms with Gasteiger partial charge in [-0.1, -0.05) is 13.0 Å². The van der Waals surface area contributed by atoms with Crippen molar-refractivity contribution in [2.75, 3.05) is 26.1 Å². The second-order valence-corrected chi connectivity index (χ2v) is 10.1. The highest BCUT2D eigenvalue weighted by molar-refractivity contribution is 8.02. The van der Waals surface area contributed by atoms with Gasteiger partial charge in [-0.05, 0) is 18.2 Å². The molecule has 1 atom stereocenters. The molecule has 0 fully saturated rings. The fourth-order valence-electron chi connectivity index (χ4n) is 1.86. The van der Waals surface area contributed by atoms with Crippen molar-refractivity contribution in [1.29, 1.82) is 0 Å². The molecule has 0 aliphatic rings. The first-order chi connectivity index (χ1) is 10.8. The Morgan fingerprint density at radius 2 is 1.83 bits per heavy atom. The first kappa shape index (κ1) is 20.1. The van der Waals surface area contributed by atoms with Gasteiger partial charge in [-0.15, -0.1) is 3.77 Å². The largest absolute Gasteiger partial charge is 0.481 e. The Morgan fingerprint density at radius 1 is 1.25 bits per heavy atom. The number of hydrogen-bond acceptors (Lipinski definition) is 5. The lowest BCUT2D eigenvalue weighted by Gasteiger charge is -2.19. The van der Waals surface area contributed by atoms with E-state index in [0.29, 0.717) is 0 Å². The van der Waals surface area contributed by atoms with Crippen molar-refractivity contribution in [3.63, 3.8) is 0 Å². The van der Waals surface area contributed by atoms with E-state index >= 15 is 0 Å². The Balaban J connectivity index is 3.15. The van der Waals surface area contributed by atoms with Gasteiger partial charge in [0.25, 0.3) is 15.9 Å². The number of sulfonamides is 1. The lowest BCUT2D eigenvalue weighted by Crippen LogP contribution is -2.33. The molecule has 134 valence electrons. The predicted molar refractivity (Wildman–Crippen MR) is 89.8 cm³/mol. The van der Waals surface area contributed by atoms with Gasteiger partial charge < -0.3 is 10.0 Å². The number of carboxylic acids is 1. The van der Waals surface area contributed by atoms with Crippen LogP contribution in [-0.4, -0.2) is 60.6 Å². The van der Waals surface area contributed by atoms with Crippen molar-refractivity contribution in [3.8, 4) is 0 Å². The topological polar surface area (TPSA) is 121 Å². The summed E-state index contributed by atoms with van der Waals surface area (Å²) in [5.74, 6) is -2.31. The van der Waals surface area contributed by atoms with Crippen LogP contribution in [-0.2, 0) is 24.5 Å². The summed E-state index contributed by atoms with van der Waals surface area (Å²) >= 11 is 0. The number of carbonyl (C=O) groups is 2. The normalized spacial score (nSPS) is 13.2. The summed E-state index contributed by atoms with van der Waals surface area (Å²) in [6.45, 7) is 1.44. The lowest BCUT2D eigenvalue weighted by molar-refractivity contribution is -0.141. The zero-order valence-corrected chi connectivity index (χ0v) is 15.4. The summed E-state index contributed by atoms with van der Waals surface area (Å²) in [6.07, 6.45) is 2.39. The highest BCUT2D eigenvalue weighted by Gasteiger charge is 2.21. The van der Waals surface area contributed by atoms with Crippen LogP contribution in [0.25, 0.3) is 0 Å². The van der Waals surface area contributed by atoms with Gasteiger partial charge in [-0.3, -0.25) is 9.59 Å². The minimum atomic E-state index is -4.15. The van der Waals surface area contributed by atoms with Crippen molar-refractivity contribution in [2.45, 2.75) is 11.8 Å². The minimum Gasteiger partial charge on any atom is -0.481 e. The molecule has 0 aromatic heterocycles. The maximum Gasteiger partial charge on any atom is 0.308 e. The number of nitrogens with zero attached hydrogens (tertiary/aromatic N) is 2. The van der Waals surface area contributed by atoms with E-state index < -0.39 is 37.5 Å². The molecule has 8 nitrogen and oxygen atoms in total. The highest BCUT2D eigenvalue weighted by Crippen LogP contribution is 2.17. The molecule has 0 radical (unpaired) electrons. The summed E-state index contributed by atoms with van der Waals surface area (Å²) in [5, 5.41) is 8.89. The Bertz CT molecular complexity index is 861. The molecule has 1 aromatic rings. The number of carbonyl (C=O) groups excluding carboxylic acids is 1. The Morgan fingerprint density at radius 3 is 2.33 bits per heavy atom. The number of benzene rings is 1. The van der Waals surface area contributed by atoms with Crippen LogP contribution in [0.15, 0.2) is 32.9 Å². The van der Waals surface area contributed by atoms with E-state index in [2.05, 4.69) is 3.77 Å². The quantitative estimate of drug-likeness (QED) is 0.787. The maximum absolute atomic E-state index is 12.3. The lowest BCUT2D eigenvalue weighted by atomic mass is 10.1. The Hall–Kier alpha value is -1.94. The molecule has 1 amide bonds. The molecule has 0 saturated heterocycles. The molecule has 24 heavy (non-hydrogen) atoms. The van der Waals surface area contributed by atoms with Gasteiger partial charge in [0, 0.05) is 31.7 Å². The molecule has 1 aromatic carbocycles. The van der Waals surface area contributed by atoms with E-state index in [0.717, 1.165) is 6.07 Å². The van der Waals surface area contributed by atoms with Crippen molar-refractivity contribution in [3.05, 3.63) is 29.8 Å². The van der Waals surface area contributed by atoms with E-state index in [1.807, 2.05) is 0 Å². The molecule has 1 N–H and O–H groups in total. The van der Waals surface area contributed by atoms with Gasteiger partial charge in [-0.25, -0.2) is 4.21 Å². The van der Waals surface area contributed by atoms with Crippen LogP contribution in [0.1, 0.15) is 17.3 Å². The third-order valence-electron chi connectivity index (χ3n) is 2.97. The van der Waals surface area contributed by atoms with E-state index in [1.165, 1.54) is 49.6 Å². The van der Waals surface area contributed by atoms with Crippen LogP contribution in [0.3, 0.4) is 0 Å². The number of rotatable bonds is 6. The first-order valence-corrected chi connectivity index (χ1v) is 10.6. The van der Waals surface area contributed by atoms with E-state index in [4.69, 9.17) is 5.11 Å². The number of carboxylic acid groups (broad SMARTS) is 1. The third-order valence-corrected chi connectivity index (χ3v) is 6.04. The summed E-state index contributed by atoms with van der Waals surface area (Å²) in [5.41, 5.74) is 0.0741. The summed E-state index contributed by atoms with van der Waals surface area (Å²) in [4.78, 5) is 24.1. The molecule has 10 heteroatoms. The smallest absolute Gasteiger partial charge is 0.308 e. The SMILES string of the molecule is CC(CN(C)C(=O)c1cccc(S(=O)(=O)N=S(C)(C)=O)c1)C(=O)O. The first-order valence-electron chi connectivity index (χ1n) is 6.85. The van der Waals surface area contributed by atoms with E-state index in [1.54, 1.807) is 0 Å². The fraction of sp³-hybridized carbons (Fsp3) is 0.429. The van der Waals surface area contributed by atoms with E-state index in [-0.39, 0.29) is 17.0 Å². The van der Waals surface area contributed by atoms with Crippen molar-refractivity contribution < 1.29 is 27.3 Å². The van der Waals surface area contributed by atoms with Crippen LogP contribution < -0.4 is 0 Å². The average molecular weight is 376 g/mol. The standard InChI is InChI=1S/C14H20N2O6S2/c1-10(14(18)19)9-16(2)13(17)11-6-5-7-12(8-11)24(21,22)15-23(3,4)20/h5-8,10H,9H2,1-4H3,(H,18,19). The molecule has 0 spiro atoms. The maximum atomic E-state index is 12.3. The van der Waals surface area contributed by atoms with Crippen LogP contribution in [0.2, 0.25) is 0 Å². The molecule has 1 unspecified atom stereocenters. The molecule has 0 aliphatic heterocycles. The zero-order valence-electron chi connectivity index (χ0n) is 13.8. The van der Waals surface area contributed by atoms with Crippen molar-refractivity contribution in [2.24, 2.45) is 9.69 Å². The molecule has 1 rings (SSSR count). The molecule has 0 aliphatic carbocycles. The summed E-state index contributed by atoms with van der Waals surface area (Å²) in [6, 6.07) is 5.17. The Labute approximate surface area is 141 Å². The Kier molecular flexibility index (Phi) is 6.12. The molecular weight excluding hydrogens is 356 g/mol. The van der Waals surface area contributed by atoms with Crippen molar-refractivity contribution in [1.82, 2.24) is 4.90 Å². The van der Waals surface area contributed by atoms with Gasteiger partial charge in [0.15, 0.2) is 0 Å². The molecule has 0 bridgehead atoms. The number of aliphatic carboxylic acids is 1. The van der Waals surface area contributed by atoms with Crippen LogP contribution in [0.4, 0.5) is 0 Å². The summed E-state index contributed by atoms with van der Waals surface area (Å²) < 4.78 is 39.2. The number of amides is 1. The number of hydrogen-bond donors (Lipinski definition) is 1. The average Bonchev–Trinajstić information content (AvgIpc) is 2.43. The van der Waals surface area contributed by atoms with Gasteiger partial charge >= 0.3 is 5.97 Å². The molecular formula is C14H20N2O6S2. The van der Waals surface area contributed by atoms with Gasteiger partial charge in [0.2, 0.25) is 0 Å². The predicted octanol–water partition coefficient (Wildman–Crippen LogP) is 0.896. The summed E-state index contributed by atoms with van der Waals surface area (Å²) in [7, 11) is -5.60. The zero-order chi connectivity index (χ0) is 18.7. The van der Waals surface area contributed by atoms with Gasteiger partial charge in [0.05, 0.1) is 20.5 Å². The monoisotopic (exact) mass is 376 g/mol. The van der Waals surface area contributed by atoms with Crippen LogP contribution >= 0.6 is 0 Å². The third kappa shape index (κ3) is 5.60. The van der Waals surface area contributed by atoms with Crippen molar-refractivity contribution >= 4 is 31.6 Å². The van der Waals surface area contributed by atoms with Crippen LogP contribution in [0.5, 0.6) is 0 Å². The van der Waals surface area contributed by atoms with Crippen LogP contribution in [0, 0.1) is 5.92 Å². The minimum absolute atomic E-state index is 0.0206. The fourth-order valence-corrected chi connectivity index (χ4v) is 4.62. The van der Waals surface area contributed by atoms with Gasteiger partial charge in [-0.2, -0.15) is 8.42 Å². The molecule has 0 heterocycles. The molecule has 0 saturated carbocycles.